The molecule has 0 N–H and O–H groups in total. The lowest BCUT2D eigenvalue weighted by Crippen LogP contribution is -2.43. The number of aromatic nitrogens is 2. The van der Waals surface area contributed by atoms with Crippen LogP contribution in [-0.2, 0) is 22.1 Å². The number of amides is 1. The summed E-state index contributed by atoms with van der Waals surface area (Å²) in [6.45, 7) is 4.71. The molecule has 0 saturated carbocycles. The van der Waals surface area contributed by atoms with Crippen LogP contribution in [0, 0.1) is 5.95 Å². The van der Waals surface area contributed by atoms with Crippen molar-refractivity contribution >= 4 is 11.9 Å². The van der Waals surface area contributed by atoms with Gasteiger partial charge in [0.1, 0.15) is 11.8 Å². The number of ketones is 1. The predicted octanol–water partition coefficient (Wildman–Crippen LogP) is 5.15. The summed E-state index contributed by atoms with van der Waals surface area (Å²) in [5, 5.41) is 0. The second kappa shape index (κ2) is 9.63. The number of hydrogen-bond donors (Lipinski definition) is 0. The molecule has 1 saturated heterocycles. The number of rotatable bonds is 5. The van der Waals surface area contributed by atoms with Crippen LogP contribution in [0.15, 0.2) is 30.5 Å². The molecule has 1 fully saturated rings. The standard InChI is InChI=1S/C23H24F5N3O3/c1-22(2,3)34-21(33)31-12-15(24)10-18(31)19(32)7-5-16-8-13(9-20(25)30-16)17-6-4-14(11-29-17)23(26,27)28/h4,6,8-9,11,15,18H,5,7,10,12H2,1-3H3/t15-,18+/m1/s1. The zero-order valence-electron chi connectivity index (χ0n) is 18.8. The van der Waals surface area contributed by atoms with E-state index in [0.717, 1.165) is 23.1 Å². The Hall–Kier alpha value is -3.11. The topological polar surface area (TPSA) is 72.4 Å². The number of carbonyl (C=O) groups is 2. The third-order valence-electron chi connectivity index (χ3n) is 5.11. The van der Waals surface area contributed by atoms with E-state index in [9.17, 15) is 31.5 Å². The molecule has 0 spiro atoms. The minimum atomic E-state index is -4.55. The minimum absolute atomic E-state index is 0.0140. The molecular formula is C23H24F5N3O3. The number of Topliss-reactive ketones (excluding diaryl/α,β-unsaturated/α-hetero) is 1. The van der Waals surface area contributed by atoms with E-state index in [1.54, 1.807) is 20.8 Å². The molecule has 3 heterocycles. The Morgan fingerprint density at radius 3 is 2.47 bits per heavy atom. The van der Waals surface area contributed by atoms with Crippen molar-refractivity contribution < 1.29 is 36.3 Å². The monoisotopic (exact) mass is 485 g/mol. The normalized spacial score (nSPS) is 18.8. The van der Waals surface area contributed by atoms with Gasteiger partial charge in [0, 0.05) is 36.4 Å². The number of alkyl halides is 4. The van der Waals surface area contributed by atoms with Gasteiger partial charge in [0.05, 0.1) is 23.8 Å². The van der Waals surface area contributed by atoms with Gasteiger partial charge in [-0.05, 0) is 45.4 Å². The average molecular weight is 485 g/mol. The number of halogens is 5. The summed E-state index contributed by atoms with van der Waals surface area (Å²) in [6.07, 6.45) is -6.37. The van der Waals surface area contributed by atoms with Gasteiger partial charge >= 0.3 is 12.3 Å². The maximum absolute atomic E-state index is 14.1. The maximum Gasteiger partial charge on any atom is 0.417 e. The van der Waals surface area contributed by atoms with E-state index >= 15 is 0 Å². The fourth-order valence-corrected chi connectivity index (χ4v) is 3.59. The smallest absolute Gasteiger partial charge is 0.417 e. The van der Waals surface area contributed by atoms with Crippen molar-refractivity contribution in [1.82, 2.24) is 14.9 Å². The second-order valence-corrected chi connectivity index (χ2v) is 9.05. The Morgan fingerprint density at radius 1 is 1.18 bits per heavy atom. The van der Waals surface area contributed by atoms with E-state index in [-0.39, 0.29) is 42.8 Å². The Kier molecular flexibility index (Phi) is 7.23. The van der Waals surface area contributed by atoms with E-state index in [0.29, 0.717) is 6.20 Å². The van der Waals surface area contributed by atoms with E-state index in [1.807, 2.05) is 0 Å². The number of likely N-dealkylation sites (tertiary alicyclic amines) is 1. The Balaban J connectivity index is 1.71. The zero-order chi connectivity index (χ0) is 25.3. The highest BCUT2D eigenvalue weighted by molar-refractivity contribution is 5.88. The average Bonchev–Trinajstić information content (AvgIpc) is 3.12. The lowest BCUT2D eigenvalue weighted by atomic mass is 10.0. The molecule has 0 radical (unpaired) electrons. The number of hydrogen-bond acceptors (Lipinski definition) is 5. The van der Waals surface area contributed by atoms with Crippen LogP contribution in [0.1, 0.15) is 44.9 Å². The summed E-state index contributed by atoms with van der Waals surface area (Å²) in [5.74, 6) is -1.31. The molecular weight excluding hydrogens is 461 g/mol. The number of aryl methyl sites for hydroxylation is 1. The second-order valence-electron chi connectivity index (χ2n) is 9.05. The largest absolute Gasteiger partial charge is 0.444 e. The highest BCUT2D eigenvalue weighted by atomic mass is 19.4. The quantitative estimate of drug-likeness (QED) is 0.433. The minimum Gasteiger partial charge on any atom is -0.444 e. The van der Waals surface area contributed by atoms with Gasteiger partial charge in [-0.3, -0.25) is 14.7 Å². The summed E-state index contributed by atoms with van der Waals surface area (Å²) in [6, 6.07) is 3.39. The van der Waals surface area contributed by atoms with Crippen LogP contribution in [-0.4, -0.2) is 51.1 Å². The van der Waals surface area contributed by atoms with Crippen molar-refractivity contribution in [3.05, 3.63) is 47.7 Å². The summed E-state index contributed by atoms with van der Waals surface area (Å²) in [4.78, 5) is 33.7. The molecule has 1 aliphatic rings. The van der Waals surface area contributed by atoms with Gasteiger partial charge in [-0.25, -0.2) is 14.2 Å². The number of nitrogens with zero attached hydrogens (tertiary/aromatic N) is 3. The molecule has 1 aliphatic heterocycles. The Bertz CT molecular complexity index is 1050. The van der Waals surface area contributed by atoms with Gasteiger partial charge in [0.25, 0.3) is 0 Å². The first-order valence-corrected chi connectivity index (χ1v) is 10.6. The lowest BCUT2D eigenvalue weighted by Gasteiger charge is -2.27. The summed E-state index contributed by atoms with van der Waals surface area (Å²) >= 11 is 0. The molecule has 184 valence electrons. The molecule has 1 amide bonds. The first-order chi connectivity index (χ1) is 15.7. The fourth-order valence-electron chi connectivity index (χ4n) is 3.59. The van der Waals surface area contributed by atoms with Crippen molar-refractivity contribution in [2.45, 2.75) is 64.0 Å². The van der Waals surface area contributed by atoms with Crippen LogP contribution in [0.5, 0.6) is 0 Å². The molecule has 34 heavy (non-hydrogen) atoms. The molecule has 0 bridgehead atoms. The molecule has 2 aromatic rings. The van der Waals surface area contributed by atoms with E-state index in [2.05, 4.69) is 9.97 Å². The van der Waals surface area contributed by atoms with Crippen molar-refractivity contribution in [2.75, 3.05) is 6.54 Å². The van der Waals surface area contributed by atoms with Gasteiger partial charge in [0.15, 0.2) is 5.78 Å². The van der Waals surface area contributed by atoms with Gasteiger partial charge in [-0.2, -0.15) is 17.6 Å². The predicted molar refractivity (Wildman–Crippen MR) is 112 cm³/mol. The highest BCUT2D eigenvalue weighted by Crippen LogP contribution is 2.30. The van der Waals surface area contributed by atoms with Crippen LogP contribution in [0.4, 0.5) is 26.7 Å². The van der Waals surface area contributed by atoms with Gasteiger partial charge in [0.2, 0.25) is 5.95 Å². The fraction of sp³-hybridized carbons (Fsp3) is 0.478. The SMILES string of the molecule is CC(C)(C)OC(=O)N1C[C@H](F)C[C@H]1C(=O)CCc1cc(-c2ccc(C(F)(F)F)cn2)cc(F)n1. The Labute approximate surface area is 193 Å². The van der Waals surface area contributed by atoms with Crippen LogP contribution >= 0.6 is 0 Å². The third-order valence-corrected chi connectivity index (χ3v) is 5.11. The Morgan fingerprint density at radius 2 is 1.88 bits per heavy atom. The van der Waals surface area contributed by atoms with Crippen molar-refractivity contribution in [2.24, 2.45) is 0 Å². The summed E-state index contributed by atoms with van der Waals surface area (Å²) in [7, 11) is 0. The summed E-state index contributed by atoms with van der Waals surface area (Å²) in [5.41, 5.74) is -1.27. The number of carbonyl (C=O) groups excluding carboxylic acids is 2. The van der Waals surface area contributed by atoms with E-state index < -0.39 is 47.4 Å². The van der Waals surface area contributed by atoms with Crippen LogP contribution < -0.4 is 0 Å². The molecule has 3 rings (SSSR count). The van der Waals surface area contributed by atoms with Gasteiger partial charge in [-0.1, -0.05) is 0 Å². The highest BCUT2D eigenvalue weighted by Gasteiger charge is 2.41. The van der Waals surface area contributed by atoms with Crippen LogP contribution in [0.3, 0.4) is 0 Å². The van der Waals surface area contributed by atoms with Crippen molar-refractivity contribution in [3.63, 3.8) is 0 Å². The molecule has 6 nitrogen and oxygen atoms in total. The molecule has 2 atom stereocenters. The molecule has 2 aromatic heterocycles. The van der Waals surface area contributed by atoms with Gasteiger partial charge < -0.3 is 4.74 Å². The zero-order valence-corrected chi connectivity index (χ0v) is 18.8. The van der Waals surface area contributed by atoms with E-state index in [1.165, 1.54) is 6.07 Å². The first-order valence-electron chi connectivity index (χ1n) is 10.6. The lowest BCUT2D eigenvalue weighted by molar-refractivity contribution is -0.137. The summed E-state index contributed by atoms with van der Waals surface area (Å²) < 4.78 is 71.5. The third kappa shape index (κ3) is 6.48. The van der Waals surface area contributed by atoms with Crippen molar-refractivity contribution in [3.8, 4) is 11.3 Å². The van der Waals surface area contributed by atoms with Crippen LogP contribution in [0.2, 0.25) is 0 Å². The number of ether oxygens (including phenoxy) is 1. The molecule has 0 aliphatic carbocycles. The van der Waals surface area contributed by atoms with Crippen LogP contribution in [0.25, 0.3) is 11.3 Å². The maximum atomic E-state index is 14.1. The van der Waals surface area contributed by atoms with Gasteiger partial charge in [-0.15, -0.1) is 0 Å². The first kappa shape index (κ1) is 25.5. The molecule has 0 aromatic carbocycles. The van der Waals surface area contributed by atoms with Crippen molar-refractivity contribution in [1.29, 1.82) is 0 Å². The molecule has 0 unspecified atom stereocenters. The van der Waals surface area contributed by atoms with E-state index in [4.69, 9.17) is 4.74 Å². The number of pyridine rings is 2. The molecule has 11 heteroatoms.